The Morgan fingerprint density at radius 1 is 0.875 bits per heavy atom. The lowest BCUT2D eigenvalue weighted by molar-refractivity contribution is -0.128. The van der Waals surface area contributed by atoms with E-state index in [-0.39, 0.29) is 18.7 Å². The fourth-order valence-electron chi connectivity index (χ4n) is 4.11. The molecule has 0 radical (unpaired) electrons. The molecule has 0 aliphatic rings. The van der Waals surface area contributed by atoms with Gasteiger partial charge in [-0.2, -0.15) is 5.26 Å². The minimum atomic E-state index is -0.905. The number of hydrogen-bond acceptors (Lipinski definition) is 3. The number of nitriles is 1. The predicted octanol–water partition coefficient (Wildman–Crippen LogP) is 3.93. The van der Waals surface area contributed by atoms with E-state index in [2.05, 4.69) is 11.4 Å². The maximum Gasteiger partial charge on any atom is 0.240 e. The molecule has 0 saturated carbocycles. The lowest BCUT2D eigenvalue weighted by atomic mass is 9.67. The third-order valence-electron chi connectivity index (χ3n) is 5.71. The van der Waals surface area contributed by atoms with Crippen LogP contribution in [0.4, 0.5) is 0 Å². The summed E-state index contributed by atoms with van der Waals surface area (Å²) in [5.41, 5.74) is 7.65. The molecule has 3 aromatic rings. The Labute approximate surface area is 188 Å². The topological polar surface area (TPSA) is 96.0 Å². The normalized spacial score (nSPS) is 12.9. The average molecular weight is 426 g/mol. The fourth-order valence-corrected chi connectivity index (χ4v) is 4.11. The van der Waals surface area contributed by atoms with Crippen LogP contribution in [0.3, 0.4) is 0 Å². The van der Waals surface area contributed by atoms with Gasteiger partial charge in [0.2, 0.25) is 11.8 Å². The van der Waals surface area contributed by atoms with Crippen LogP contribution in [-0.4, -0.2) is 17.9 Å². The molecule has 5 nitrogen and oxygen atoms in total. The molecule has 0 fully saturated rings. The Morgan fingerprint density at radius 3 is 1.62 bits per heavy atom. The molecule has 3 aromatic carbocycles. The summed E-state index contributed by atoms with van der Waals surface area (Å²) in [6, 6.07) is 30.8. The zero-order chi connectivity index (χ0) is 23.0. The van der Waals surface area contributed by atoms with Gasteiger partial charge in [-0.25, -0.2) is 0 Å². The van der Waals surface area contributed by atoms with E-state index in [1.165, 1.54) is 0 Å². The van der Waals surface area contributed by atoms with E-state index < -0.39 is 23.3 Å². The van der Waals surface area contributed by atoms with E-state index in [1.807, 2.05) is 91.0 Å². The van der Waals surface area contributed by atoms with E-state index in [4.69, 9.17) is 11.0 Å². The third kappa shape index (κ3) is 5.04. The summed E-state index contributed by atoms with van der Waals surface area (Å²) in [4.78, 5) is 25.3. The largest absolute Gasteiger partial charge is 0.368 e. The second-order valence-corrected chi connectivity index (χ2v) is 7.97. The quantitative estimate of drug-likeness (QED) is 0.509. The van der Waals surface area contributed by atoms with Crippen molar-refractivity contribution in [1.29, 1.82) is 5.26 Å². The molecule has 162 valence electrons. The molecule has 0 aliphatic heterocycles. The van der Waals surface area contributed by atoms with Crippen LogP contribution < -0.4 is 11.1 Å². The van der Waals surface area contributed by atoms with Crippen molar-refractivity contribution in [2.24, 2.45) is 11.7 Å². The molecule has 32 heavy (non-hydrogen) atoms. The highest BCUT2D eigenvalue weighted by Crippen LogP contribution is 2.42. The van der Waals surface area contributed by atoms with Crippen molar-refractivity contribution in [2.45, 2.75) is 31.2 Å². The van der Waals surface area contributed by atoms with Crippen molar-refractivity contribution in [3.63, 3.8) is 0 Å². The molecule has 2 amide bonds. The summed E-state index contributed by atoms with van der Waals surface area (Å²) in [7, 11) is 0. The number of benzene rings is 3. The molecule has 0 saturated heterocycles. The van der Waals surface area contributed by atoms with E-state index in [0.29, 0.717) is 0 Å². The zero-order valence-corrected chi connectivity index (χ0v) is 18.1. The Bertz CT molecular complexity index is 979. The molecule has 0 bridgehead atoms. The van der Waals surface area contributed by atoms with Gasteiger partial charge in [0.25, 0.3) is 0 Å². The molecular weight excluding hydrogens is 398 g/mol. The Kier molecular flexibility index (Phi) is 7.41. The number of nitrogens with one attached hydrogen (secondary N) is 1. The van der Waals surface area contributed by atoms with Gasteiger partial charge in [-0.3, -0.25) is 9.59 Å². The van der Waals surface area contributed by atoms with Crippen molar-refractivity contribution in [2.75, 3.05) is 0 Å². The molecule has 0 aliphatic carbocycles. The standard InChI is InChI=1S/C27H27N3O2/c1-20(19-28)17-24(26(29)32)30-25(31)18-27(21-11-5-2-6-12-21,22-13-7-3-8-14-22)23-15-9-4-10-16-23/h2-16,20,24H,17-18H2,1H3,(H2,29,32)(H,30,31)/t20-,24+/m0/s1. The molecule has 0 heterocycles. The van der Waals surface area contributed by atoms with Crippen LogP contribution >= 0.6 is 0 Å². The molecule has 3 N–H and O–H groups in total. The van der Waals surface area contributed by atoms with Crippen molar-refractivity contribution in [1.82, 2.24) is 5.32 Å². The second kappa shape index (κ2) is 10.4. The van der Waals surface area contributed by atoms with Crippen molar-refractivity contribution < 1.29 is 9.59 Å². The SMILES string of the molecule is C[C@H](C#N)C[C@@H](NC(=O)CC(c1ccccc1)(c1ccccc1)c1ccccc1)C(N)=O. The average Bonchev–Trinajstić information content (AvgIpc) is 2.83. The van der Waals surface area contributed by atoms with Crippen LogP contribution in [0.2, 0.25) is 0 Å². The van der Waals surface area contributed by atoms with E-state index in [9.17, 15) is 9.59 Å². The van der Waals surface area contributed by atoms with Crippen molar-refractivity contribution >= 4 is 11.8 Å². The third-order valence-corrected chi connectivity index (χ3v) is 5.71. The maximum atomic E-state index is 13.4. The van der Waals surface area contributed by atoms with Gasteiger partial charge in [0, 0.05) is 12.3 Å². The van der Waals surface area contributed by atoms with Gasteiger partial charge in [0.1, 0.15) is 6.04 Å². The molecule has 2 atom stereocenters. The highest BCUT2D eigenvalue weighted by molar-refractivity contribution is 5.88. The van der Waals surface area contributed by atoms with Gasteiger partial charge in [-0.1, -0.05) is 91.0 Å². The van der Waals surface area contributed by atoms with E-state index in [0.717, 1.165) is 16.7 Å². The number of primary amides is 1. The molecule has 0 aromatic heterocycles. The van der Waals surface area contributed by atoms with Gasteiger partial charge >= 0.3 is 0 Å². The molecular formula is C27H27N3O2. The summed E-state index contributed by atoms with van der Waals surface area (Å²) in [5, 5.41) is 11.9. The first-order chi connectivity index (χ1) is 15.5. The number of carbonyl (C=O) groups is 2. The number of nitrogens with zero attached hydrogens (tertiary/aromatic N) is 1. The number of carbonyl (C=O) groups excluding carboxylic acids is 2. The first-order valence-electron chi connectivity index (χ1n) is 10.6. The molecule has 3 rings (SSSR count). The van der Waals surface area contributed by atoms with E-state index >= 15 is 0 Å². The van der Waals surface area contributed by atoms with Crippen LogP contribution in [0.5, 0.6) is 0 Å². The minimum Gasteiger partial charge on any atom is -0.368 e. The maximum absolute atomic E-state index is 13.4. The summed E-state index contributed by atoms with van der Waals surface area (Å²) in [6.07, 6.45) is 0.252. The summed E-state index contributed by atoms with van der Waals surface area (Å²) in [6.45, 7) is 1.70. The first-order valence-corrected chi connectivity index (χ1v) is 10.6. The van der Waals surface area contributed by atoms with Crippen LogP contribution in [-0.2, 0) is 15.0 Å². The zero-order valence-electron chi connectivity index (χ0n) is 18.1. The second-order valence-electron chi connectivity index (χ2n) is 7.97. The van der Waals surface area contributed by atoms with Crippen LogP contribution in [0.15, 0.2) is 91.0 Å². The van der Waals surface area contributed by atoms with Gasteiger partial charge < -0.3 is 11.1 Å². The highest BCUT2D eigenvalue weighted by atomic mass is 16.2. The summed E-state index contributed by atoms with van der Waals surface area (Å²) < 4.78 is 0. The fraction of sp³-hybridized carbons (Fsp3) is 0.222. The summed E-state index contributed by atoms with van der Waals surface area (Å²) in [5.74, 6) is -1.37. The lowest BCUT2D eigenvalue weighted by Crippen LogP contribution is -2.47. The van der Waals surface area contributed by atoms with Gasteiger partial charge in [0.05, 0.1) is 11.5 Å². The van der Waals surface area contributed by atoms with Crippen molar-refractivity contribution in [3.05, 3.63) is 108 Å². The van der Waals surface area contributed by atoms with E-state index in [1.54, 1.807) is 6.92 Å². The Morgan fingerprint density at radius 2 is 1.28 bits per heavy atom. The molecule has 0 spiro atoms. The Balaban J connectivity index is 2.08. The lowest BCUT2D eigenvalue weighted by Gasteiger charge is -2.36. The Hall–Kier alpha value is -3.91. The van der Waals surface area contributed by atoms with Gasteiger partial charge in [-0.05, 0) is 30.0 Å². The molecule has 5 heteroatoms. The number of nitrogens with two attached hydrogens (primary N) is 1. The van der Waals surface area contributed by atoms with Crippen LogP contribution in [0, 0.1) is 17.2 Å². The predicted molar refractivity (Wildman–Crippen MR) is 124 cm³/mol. The summed E-state index contributed by atoms with van der Waals surface area (Å²) >= 11 is 0. The van der Waals surface area contributed by atoms with Crippen molar-refractivity contribution in [3.8, 4) is 6.07 Å². The number of rotatable bonds is 9. The minimum absolute atomic E-state index is 0.0791. The van der Waals surface area contributed by atoms with Gasteiger partial charge in [0.15, 0.2) is 0 Å². The monoisotopic (exact) mass is 425 g/mol. The molecule has 0 unspecified atom stereocenters. The van der Waals surface area contributed by atoms with Gasteiger partial charge in [-0.15, -0.1) is 0 Å². The number of hydrogen-bond donors (Lipinski definition) is 2. The van der Waals surface area contributed by atoms with Crippen LogP contribution in [0.1, 0.15) is 36.5 Å². The van der Waals surface area contributed by atoms with Crippen LogP contribution in [0.25, 0.3) is 0 Å². The first kappa shape index (κ1) is 22.8. The highest BCUT2D eigenvalue weighted by Gasteiger charge is 2.39. The number of amides is 2. The smallest absolute Gasteiger partial charge is 0.240 e.